The molecule has 0 aromatic heterocycles. The van der Waals surface area contributed by atoms with Crippen molar-refractivity contribution < 1.29 is 19.1 Å². The van der Waals surface area contributed by atoms with Crippen LogP contribution in [0.5, 0.6) is 0 Å². The van der Waals surface area contributed by atoms with Gasteiger partial charge in [0.15, 0.2) is 0 Å². The van der Waals surface area contributed by atoms with E-state index in [-0.39, 0.29) is 5.56 Å². The number of carboxylic acid groups (broad SMARTS) is 1. The molecule has 6 heteroatoms. The fourth-order valence-corrected chi connectivity index (χ4v) is 1.37. The number of carbonyl (C=O) groups excluding carboxylic acids is 1. The highest BCUT2D eigenvalue weighted by atomic mass is 79.9. The summed E-state index contributed by atoms with van der Waals surface area (Å²) in [6.07, 6.45) is 0. The van der Waals surface area contributed by atoms with E-state index in [1.54, 1.807) is 0 Å². The molecule has 0 radical (unpaired) electrons. The Balaban J connectivity index is 2.88. The molecule has 0 saturated carbocycles. The zero-order valence-electron chi connectivity index (χ0n) is 8.33. The predicted molar refractivity (Wildman–Crippen MR) is 58.7 cm³/mol. The van der Waals surface area contributed by atoms with E-state index in [1.165, 1.54) is 19.1 Å². The van der Waals surface area contributed by atoms with Crippen molar-refractivity contribution in [3.63, 3.8) is 0 Å². The van der Waals surface area contributed by atoms with E-state index >= 15 is 0 Å². The molecular weight excluding hydrogens is 281 g/mol. The van der Waals surface area contributed by atoms with Gasteiger partial charge in [0.05, 0.1) is 5.56 Å². The van der Waals surface area contributed by atoms with Gasteiger partial charge in [0.25, 0.3) is 5.91 Å². The molecule has 1 amide bonds. The first-order valence-electron chi connectivity index (χ1n) is 4.40. The van der Waals surface area contributed by atoms with Crippen LogP contribution in [0, 0.1) is 5.82 Å². The molecule has 1 aromatic rings. The number of benzene rings is 1. The SMILES string of the molecule is C[C@H](NC(=O)c1cc(Br)ccc1F)C(=O)O. The predicted octanol–water partition coefficient (Wildman–Crippen LogP) is 1.79. The highest BCUT2D eigenvalue weighted by Crippen LogP contribution is 2.15. The van der Waals surface area contributed by atoms with Crippen LogP contribution in [0.15, 0.2) is 22.7 Å². The molecule has 0 aliphatic rings. The molecule has 0 aliphatic heterocycles. The average molecular weight is 290 g/mol. The molecular formula is C10H9BrFNO3. The number of hydrogen-bond acceptors (Lipinski definition) is 2. The van der Waals surface area contributed by atoms with Crippen LogP contribution in [-0.4, -0.2) is 23.0 Å². The minimum Gasteiger partial charge on any atom is -0.480 e. The van der Waals surface area contributed by atoms with Gasteiger partial charge in [0.1, 0.15) is 11.9 Å². The van der Waals surface area contributed by atoms with Crippen LogP contribution >= 0.6 is 15.9 Å². The zero-order chi connectivity index (χ0) is 12.3. The fraction of sp³-hybridized carbons (Fsp3) is 0.200. The second-order valence-corrected chi connectivity index (χ2v) is 4.07. The van der Waals surface area contributed by atoms with Gasteiger partial charge in [0, 0.05) is 4.47 Å². The minimum absolute atomic E-state index is 0.192. The van der Waals surface area contributed by atoms with E-state index in [9.17, 15) is 14.0 Å². The summed E-state index contributed by atoms with van der Waals surface area (Å²) >= 11 is 3.10. The minimum atomic E-state index is -1.18. The largest absolute Gasteiger partial charge is 0.480 e. The lowest BCUT2D eigenvalue weighted by Gasteiger charge is -2.09. The smallest absolute Gasteiger partial charge is 0.325 e. The maximum absolute atomic E-state index is 13.2. The van der Waals surface area contributed by atoms with E-state index in [0.717, 1.165) is 6.07 Å². The lowest BCUT2D eigenvalue weighted by molar-refractivity contribution is -0.138. The Bertz CT molecular complexity index is 436. The lowest BCUT2D eigenvalue weighted by atomic mass is 10.2. The van der Waals surface area contributed by atoms with E-state index in [0.29, 0.717) is 4.47 Å². The summed E-state index contributed by atoms with van der Waals surface area (Å²) < 4.78 is 13.8. The summed E-state index contributed by atoms with van der Waals surface area (Å²) in [4.78, 5) is 22.0. The van der Waals surface area contributed by atoms with Crippen molar-refractivity contribution in [1.82, 2.24) is 5.32 Å². The topological polar surface area (TPSA) is 66.4 Å². The van der Waals surface area contributed by atoms with E-state index in [4.69, 9.17) is 5.11 Å². The third kappa shape index (κ3) is 3.03. The average Bonchev–Trinajstić information content (AvgIpc) is 2.21. The summed E-state index contributed by atoms with van der Waals surface area (Å²) in [6.45, 7) is 1.30. The van der Waals surface area contributed by atoms with Gasteiger partial charge in [-0.1, -0.05) is 15.9 Å². The number of carbonyl (C=O) groups is 2. The standard InChI is InChI=1S/C10H9BrFNO3/c1-5(10(15)16)13-9(14)7-4-6(11)2-3-8(7)12/h2-5H,1H3,(H,13,14)(H,15,16)/t5-/m0/s1. The monoisotopic (exact) mass is 289 g/mol. The molecule has 1 aromatic carbocycles. The van der Waals surface area contributed by atoms with E-state index < -0.39 is 23.7 Å². The molecule has 0 spiro atoms. The van der Waals surface area contributed by atoms with Crippen LogP contribution in [0.1, 0.15) is 17.3 Å². The number of aliphatic carboxylic acids is 1. The van der Waals surface area contributed by atoms with Gasteiger partial charge in [-0.25, -0.2) is 4.39 Å². The van der Waals surface area contributed by atoms with Gasteiger partial charge < -0.3 is 10.4 Å². The Labute approximate surface area is 99.6 Å². The molecule has 16 heavy (non-hydrogen) atoms. The van der Waals surface area contributed by atoms with Gasteiger partial charge in [-0.2, -0.15) is 0 Å². The first-order valence-corrected chi connectivity index (χ1v) is 5.20. The third-order valence-electron chi connectivity index (χ3n) is 1.89. The number of amides is 1. The van der Waals surface area contributed by atoms with Crippen LogP contribution in [0.2, 0.25) is 0 Å². The molecule has 0 heterocycles. The Morgan fingerprint density at radius 1 is 1.50 bits per heavy atom. The van der Waals surface area contributed by atoms with Crippen LogP contribution < -0.4 is 5.32 Å². The molecule has 2 N–H and O–H groups in total. The summed E-state index contributed by atoms with van der Waals surface area (Å²) in [5.74, 6) is -2.63. The molecule has 86 valence electrons. The maximum Gasteiger partial charge on any atom is 0.325 e. The van der Waals surface area contributed by atoms with Gasteiger partial charge in [-0.3, -0.25) is 9.59 Å². The number of halogens is 2. The Kier molecular flexibility index (Phi) is 4.00. The van der Waals surface area contributed by atoms with Crippen LogP contribution in [0.4, 0.5) is 4.39 Å². The maximum atomic E-state index is 13.2. The molecule has 0 saturated heterocycles. The van der Waals surface area contributed by atoms with Gasteiger partial charge in [-0.05, 0) is 25.1 Å². The number of rotatable bonds is 3. The zero-order valence-corrected chi connectivity index (χ0v) is 9.92. The number of carboxylic acids is 1. The normalized spacial score (nSPS) is 11.9. The van der Waals surface area contributed by atoms with Gasteiger partial charge in [-0.15, -0.1) is 0 Å². The third-order valence-corrected chi connectivity index (χ3v) is 2.38. The van der Waals surface area contributed by atoms with Crippen molar-refractivity contribution in [2.45, 2.75) is 13.0 Å². The molecule has 0 bridgehead atoms. The first kappa shape index (κ1) is 12.6. The number of nitrogens with one attached hydrogen (secondary N) is 1. The Morgan fingerprint density at radius 2 is 2.12 bits per heavy atom. The highest BCUT2D eigenvalue weighted by Gasteiger charge is 2.18. The molecule has 1 atom stereocenters. The molecule has 4 nitrogen and oxygen atoms in total. The highest BCUT2D eigenvalue weighted by molar-refractivity contribution is 9.10. The van der Waals surface area contributed by atoms with Crippen LogP contribution in [0.3, 0.4) is 0 Å². The molecule has 0 aliphatic carbocycles. The van der Waals surface area contributed by atoms with Crippen molar-refractivity contribution >= 4 is 27.8 Å². The van der Waals surface area contributed by atoms with Crippen LogP contribution in [0.25, 0.3) is 0 Å². The Morgan fingerprint density at radius 3 is 2.69 bits per heavy atom. The van der Waals surface area contributed by atoms with Gasteiger partial charge >= 0.3 is 5.97 Å². The first-order chi connectivity index (χ1) is 7.41. The van der Waals surface area contributed by atoms with Crippen molar-refractivity contribution in [1.29, 1.82) is 0 Å². The van der Waals surface area contributed by atoms with Crippen molar-refractivity contribution in [3.05, 3.63) is 34.1 Å². The second-order valence-electron chi connectivity index (χ2n) is 3.16. The van der Waals surface area contributed by atoms with Crippen molar-refractivity contribution in [2.24, 2.45) is 0 Å². The second kappa shape index (κ2) is 5.07. The molecule has 1 rings (SSSR count). The van der Waals surface area contributed by atoms with Crippen molar-refractivity contribution in [2.75, 3.05) is 0 Å². The van der Waals surface area contributed by atoms with Crippen molar-refractivity contribution in [3.8, 4) is 0 Å². The summed E-state index contributed by atoms with van der Waals surface area (Å²) in [7, 11) is 0. The summed E-state index contributed by atoms with van der Waals surface area (Å²) in [5.41, 5.74) is -0.192. The van der Waals surface area contributed by atoms with E-state index in [1.807, 2.05) is 0 Å². The fourth-order valence-electron chi connectivity index (χ4n) is 1.01. The van der Waals surface area contributed by atoms with Crippen LogP contribution in [-0.2, 0) is 4.79 Å². The molecule has 0 unspecified atom stereocenters. The lowest BCUT2D eigenvalue weighted by Crippen LogP contribution is -2.38. The quantitative estimate of drug-likeness (QED) is 0.892. The van der Waals surface area contributed by atoms with E-state index in [2.05, 4.69) is 21.2 Å². The Hall–Kier alpha value is -1.43. The summed E-state index contributed by atoms with van der Waals surface area (Å²) in [6, 6.07) is 2.81. The van der Waals surface area contributed by atoms with Gasteiger partial charge in [0.2, 0.25) is 0 Å². The summed E-state index contributed by atoms with van der Waals surface area (Å²) in [5, 5.41) is 10.7. The number of hydrogen-bond donors (Lipinski definition) is 2. The molecule has 0 fully saturated rings.